The molecule has 0 N–H and O–H groups in total. The van der Waals surface area contributed by atoms with Gasteiger partial charge in [-0.25, -0.2) is 0 Å². The van der Waals surface area contributed by atoms with Gasteiger partial charge in [0.15, 0.2) is 0 Å². The zero-order valence-corrected chi connectivity index (χ0v) is 18.0. The molecule has 0 spiro atoms. The normalized spacial score (nSPS) is 11.0. The van der Waals surface area contributed by atoms with Crippen molar-refractivity contribution in [2.45, 2.75) is 85.2 Å². The van der Waals surface area contributed by atoms with Gasteiger partial charge in [-0.05, 0) is 38.8 Å². The van der Waals surface area contributed by atoms with E-state index in [0.29, 0.717) is 13.0 Å². The van der Waals surface area contributed by atoms with Crippen molar-refractivity contribution in [1.29, 1.82) is 0 Å². The zero-order chi connectivity index (χ0) is 20.2. The van der Waals surface area contributed by atoms with Crippen LogP contribution in [0.5, 0.6) is 0 Å². The molecule has 0 saturated heterocycles. The Bertz CT molecular complexity index is 566. The van der Waals surface area contributed by atoms with Gasteiger partial charge in [0.2, 0.25) is 11.8 Å². The van der Waals surface area contributed by atoms with E-state index >= 15 is 0 Å². The summed E-state index contributed by atoms with van der Waals surface area (Å²) in [5.41, 5.74) is 1.11. The minimum atomic E-state index is 0.0377. The van der Waals surface area contributed by atoms with Crippen LogP contribution in [0.1, 0.15) is 78.3 Å². The van der Waals surface area contributed by atoms with Crippen LogP contribution in [0.4, 0.5) is 0 Å². The summed E-state index contributed by atoms with van der Waals surface area (Å²) >= 11 is 0. The van der Waals surface area contributed by atoms with Crippen LogP contribution in [-0.2, 0) is 23.2 Å². The van der Waals surface area contributed by atoms with Gasteiger partial charge >= 0.3 is 0 Å². The molecule has 0 unspecified atom stereocenters. The van der Waals surface area contributed by atoms with E-state index < -0.39 is 0 Å². The number of carbonyl (C=O) groups excluding carboxylic acids is 2. The molecule has 0 atom stereocenters. The van der Waals surface area contributed by atoms with E-state index in [-0.39, 0.29) is 24.4 Å². The highest BCUT2D eigenvalue weighted by Crippen LogP contribution is 2.11. The fourth-order valence-corrected chi connectivity index (χ4v) is 3.15. The summed E-state index contributed by atoms with van der Waals surface area (Å²) in [6.45, 7) is 9.79. The molecule has 1 aromatic heterocycles. The number of unbranched alkanes of at least 4 members (excludes halogenated alkanes) is 4. The van der Waals surface area contributed by atoms with Crippen molar-refractivity contribution < 1.29 is 9.59 Å². The Kier molecular flexibility index (Phi) is 10.8. The van der Waals surface area contributed by atoms with Gasteiger partial charge in [0.05, 0.1) is 13.1 Å². The Balaban J connectivity index is 2.73. The first-order chi connectivity index (χ1) is 12.9. The molecule has 154 valence electrons. The minimum Gasteiger partial charge on any atom is -0.353 e. The van der Waals surface area contributed by atoms with Crippen LogP contribution in [-0.4, -0.2) is 45.3 Å². The molecule has 0 radical (unpaired) electrons. The van der Waals surface area contributed by atoms with E-state index in [1.807, 2.05) is 48.7 Å². The van der Waals surface area contributed by atoms with Gasteiger partial charge in [-0.2, -0.15) is 0 Å². The highest BCUT2D eigenvalue weighted by molar-refractivity contribution is 5.85. The summed E-state index contributed by atoms with van der Waals surface area (Å²) in [5.74, 6) is 0.143. The summed E-state index contributed by atoms with van der Waals surface area (Å²) in [6, 6.07) is 4.08. The Labute approximate surface area is 165 Å². The second-order valence-corrected chi connectivity index (χ2v) is 7.71. The quantitative estimate of drug-likeness (QED) is 0.479. The summed E-state index contributed by atoms with van der Waals surface area (Å²) in [5, 5.41) is 0. The first-order valence-corrected chi connectivity index (χ1v) is 10.6. The Morgan fingerprint density at radius 1 is 1.04 bits per heavy atom. The fraction of sp³-hybridized carbons (Fsp3) is 0.727. The van der Waals surface area contributed by atoms with E-state index in [9.17, 15) is 9.59 Å². The molecule has 2 amide bonds. The van der Waals surface area contributed by atoms with Gasteiger partial charge in [0.1, 0.15) is 0 Å². The zero-order valence-electron chi connectivity index (χ0n) is 18.0. The van der Waals surface area contributed by atoms with Crippen molar-refractivity contribution >= 4 is 11.8 Å². The van der Waals surface area contributed by atoms with E-state index in [1.165, 1.54) is 0 Å². The number of hydrogen-bond acceptors (Lipinski definition) is 2. The maximum absolute atomic E-state index is 13.0. The molecule has 0 aliphatic heterocycles. The van der Waals surface area contributed by atoms with Crippen molar-refractivity contribution in [1.82, 2.24) is 14.4 Å². The van der Waals surface area contributed by atoms with Crippen LogP contribution in [0.3, 0.4) is 0 Å². The maximum atomic E-state index is 13.0. The maximum Gasteiger partial charge on any atom is 0.242 e. The molecule has 1 rings (SSSR count). The molecule has 0 aliphatic rings. The Morgan fingerprint density at radius 3 is 2.30 bits per heavy atom. The van der Waals surface area contributed by atoms with E-state index in [4.69, 9.17) is 0 Å². The van der Waals surface area contributed by atoms with Crippen LogP contribution in [0.15, 0.2) is 18.3 Å². The standard InChI is InChI=1S/C22H39N3O2/c1-6-8-10-11-14-21(26)25(19(3)4)18-22(27)24(16-9-7-2)17-20-13-12-15-23(20)5/h12-13,15,19H,6-11,14,16-18H2,1-5H3. The van der Waals surface area contributed by atoms with Gasteiger partial charge < -0.3 is 14.4 Å². The van der Waals surface area contributed by atoms with Gasteiger partial charge in [0, 0.05) is 37.9 Å². The largest absolute Gasteiger partial charge is 0.353 e. The molecule has 27 heavy (non-hydrogen) atoms. The SMILES string of the molecule is CCCCCCC(=O)N(CC(=O)N(CCCC)Cc1cccn1C)C(C)C. The van der Waals surface area contributed by atoms with Gasteiger partial charge in [-0.3, -0.25) is 9.59 Å². The minimum absolute atomic E-state index is 0.0377. The number of aryl methyl sites for hydroxylation is 1. The summed E-state index contributed by atoms with van der Waals surface area (Å²) in [4.78, 5) is 29.3. The van der Waals surface area contributed by atoms with Gasteiger partial charge in [-0.1, -0.05) is 39.5 Å². The summed E-state index contributed by atoms with van der Waals surface area (Å²) in [7, 11) is 2.00. The Morgan fingerprint density at radius 2 is 1.74 bits per heavy atom. The molecule has 1 aromatic rings. The van der Waals surface area contributed by atoms with Crippen molar-refractivity contribution in [2.24, 2.45) is 7.05 Å². The van der Waals surface area contributed by atoms with Crippen molar-refractivity contribution in [3.05, 3.63) is 24.0 Å². The molecule has 1 heterocycles. The predicted molar refractivity (Wildman–Crippen MR) is 111 cm³/mol. The highest BCUT2D eigenvalue weighted by Gasteiger charge is 2.23. The van der Waals surface area contributed by atoms with E-state index in [1.54, 1.807) is 4.90 Å². The lowest BCUT2D eigenvalue weighted by Crippen LogP contribution is -2.46. The lowest BCUT2D eigenvalue weighted by atomic mass is 10.1. The van der Waals surface area contributed by atoms with E-state index in [2.05, 4.69) is 13.8 Å². The lowest BCUT2D eigenvalue weighted by Gasteiger charge is -2.30. The summed E-state index contributed by atoms with van der Waals surface area (Å²) in [6.07, 6.45) is 8.87. The topological polar surface area (TPSA) is 45.6 Å². The van der Waals surface area contributed by atoms with Crippen molar-refractivity contribution in [3.63, 3.8) is 0 Å². The number of nitrogens with zero attached hydrogens (tertiary/aromatic N) is 3. The third-order valence-corrected chi connectivity index (χ3v) is 5.03. The van der Waals surface area contributed by atoms with Crippen LogP contribution in [0, 0.1) is 0 Å². The van der Waals surface area contributed by atoms with Crippen molar-refractivity contribution in [3.8, 4) is 0 Å². The molecule has 0 aliphatic carbocycles. The first kappa shape index (κ1) is 23.3. The van der Waals surface area contributed by atoms with Crippen LogP contribution < -0.4 is 0 Å². The first-order valence-electron chi connectivity index (χ1n) is 10.6. The Hall–Kier alpha value is -1.78. The molecule has 5 heteroatoms. The second kappa shape index (κ2) is 12.6. The van der Waals surface area contributed by atoms with E-state index in [0.717, 1.165) is 50.8 Å². The third kappa shape index (κ3) is 8.19. The molecule has 0 saturated carbocycles. The molecule has 0 aromatic carbocycles. The molecule has 0 bridgehead atoms. The third-order valence-electron chi connectivity index (χ3n) is 5.03. The number of carbonyl (C=O) groups is 2. The average Bonchev–Trinajstić information content (AvgIpc) is 3.04. The fourth-order valence-electron chi connectivity index (χ4n) is 3.15. The van der Waals surface area contributed by atoms with Gasteiger partial charge in [0.25, 0.3) is 0 Å². The highest BCUT2D eigenvalue weighted by atomic mass is 16.2. The monoisotopic (exact) mass is 377 g/mol. The van der Waals surface area contributed by atoms with Crippen LogP contribution >= 0.6 is 0 Å². The number of aromatic nitrogens is 1. The average molecular weight is 378 g/mol. The smallest absolute Gasteiger partial charge is 0.242 e. The lowest BCUT2D eigenvalue weighted by molar-refractivity contribution is -0.142. The number of rotatable bonds is 13. The molecule has 0 fully saturated rings. The molecular formula is C22H39N3O2. The predicted octanol–water partition coefficient (Wildman–Crippen LogP) is 4.36. The summed E-state index contributed by atoms with van der Waals surface area (Å²) < 4.78 is 2.05. The second-order valence-electron chi connectivity index (χ2n) is 7.71. The van der Waals surface area contributed by atoms with Gasteiger partial charge in [-0.15, -0.1) is 0 Å². The number of amides is 2. The number of hydrogen-bond donors (Lipinski definition) is 0. The molecular weight excluding hydrogens is 338 g/mol. The van der Waals surface area contributed by atoms with Crippen LogP contribution in [0.25, 0.3) is 0 Å². The van der Waals surface area contributed by atoms with Crippen molar-refractivity contribution in [2.75, 3.05) is 13.1 Å². The molecule has 5 nitrogen and oxygen atoms in total. The van der Waals surface area contributed by atoms with Crippen LogP contribution in [0.2, 0.25) is 0 Å².